The number of aromatic carboxylic acids is 1. The van der Waals surface area contributed by atoms with Crippen molar-refractivity contribution in [2.24, 2.45) is 0 Å². The SMILES string of the molecule is COc1ncc(-c2ccc(C(=O)O)cc2C)cc1-c1ncc(C(F)(F)F)cc1[C@@H]1C=C[C@H]2[C@@H](c3cc(C(F)(F)F)cc(C(F)(F)F)c3)OC(=O)N12. The molecule has 2 aliphatic heterocycles. The molecule has 51 heavy (non-hydrogen) atoms. The van der Waals surface area contributed by atoms with Gasteiger partial charge in [0.2, 0.25) is 5.88 Å². The van der Waals surface area contributed by atoms with Crippen molar-refractivity contribution >= 4 is 12.1 Å². The molecule has 0 unspecified atom stereocenters. The van der Waals surface area contributed by atoms with Crippen LogP contribution in [0.1, 0.15) is 55.9 Å². The van der Waals surface area contributed by atoms with Crippen molar-refractivity contribution < 1.29 is 63.7 Å². The van der Waals surface area contributed by atoms with E-state index in [1.807, 2.05) is 0 Å². The Kier molecular flexibility index (Phi) is 8.50. The molecular weight excluding hydrogens is 701 g/mol. The van der Waals surface area contributed by atoms with Gasteiger partial charge in [-0.15, -0.1) is 0 Å². The first kappa shape index (κ1) is 35.2. The summed E-state index contributed by atoms with van der Waals surface area (Å²) in [5, 5.41) is 9.35. The lowest BCUT2D eigenvalue weighted by Crippen LogP contribution is -2.32. The van der Waals surface area contributed by atoms with Crippen LogP contribution >= 0.6 is 0 Å². The van der Waals surface area contributed by atoms with E-state index in [1.54, 1.807) is 6.92 Å². The van der Waals surface area contributed by atoms with E-state index < -0.39 is 71.0 Å². The second-order valence-electron chi connectivity index (χ2n) is 11.6. The van der Waals surface area contributed by atoms with Crippen molar-refractivity contribution in [1.82, 2.24) is 14.9 Å². The second kappa shape index (κ2) is 12.3. The molecule has 6 rings (SSSR count). The molecule has 0 saturated carbocycles. The Morgan fingerprint density at radius 3 is 2.04 bits per heavy atom. The first-order chi connectivity index (χ1) is 23.8. The number of aryl methyl sites for hydroxylation is 1. The monoisotopic (exact) mass is 723 g/mol. The summed E-state index contributed by atoms with van der Waals surface area (Å²) in [4.78, 5) is 34.0. The predicted octanol–water partition coefficient (Wildman–Crippen LogP) is 9.06. The Balaban J connectivity index is 1.47. The number of hydrogen-bond donors (Lipinski definition) is 1. The topological polar surface area (TPSA) is 102 Å². The molecular formula is C34H22F9N3O5. The number of carboxylic acid groups (broad SMARTS) is 1. The molecule has 2 aromatic heterocycles. The highest BCUT2D eigenvalue weighted by atomic mass is 19.4. The van der Waals surface area contributed by atoms with Gasteiger partial charge in [-0.05, 0) is 66.1 Å². The van der Waals surface area contributed by atoms with E-state index in [0.717, 1.165) is 4.90 Å². The van der Waals surface area contributed by atoms with Gasteiger partial charge in [0.1, 0.15) is 0 Å². The van der Waals surface area contributed by atoms with Crippen LogP contribution in [0.5, 0.6) is 5.88 Å². The number of pyridine rings is 2. The van der Waals surface area contributed by atoms with Crippen LogP contribution in [0.4, 0.5) is 44.3 Å². The maximum absolute atomic E-state index is 14.0. The first-order valence-corrected chi connectivity index (χ1v) is 14.7. The maximum Gasteiger partial charge on any atom is 0.417 e. The van der Waals surface area contributed by atoms with Gasteiger partial charge in [-0.2, -0.15) is 39.5 Å². The average molecular weight is 724 g/mol. The van der Waals surface area contributed by atoms with E-state index >= 15 is 0 Å². The predicted molar refractivity (Wildman–Crippen MR) is 159 cm³/mol. The van der Waals surface area contributed by atoms with E-state index in [1.165, 1.54) is 49.7 Å². The van der Waals surface area contributed by atoms with Crippen molar-refractivity contribution in [3.05, 3.63) is 112 Å². The third-order valence-corrected chi connectivity index (χ3v) is 8.45. The van der Waals surface area contributed by atoms with E-state index in [2.05, 4.69) is 9.97 Å². The van der Waals surface area contributed by atoms with Crippen LogP contribution < -0.4 is 4.74 Å². The van der Waals surface area contributed by atoms with Crippen LogP contribution in [0.2, 0.25) is 0 Å². The fraction of sp³-hybridized carbons (Fsp3) is 0.235. The zero-order chi connectivity index (χ0) is 37.2. The molecule has 1 N–H and O–H groups in total. The number of fused-ring (bicyclic) bond motifs is 1. The van der Waals surface area contributed by atoms with E-state index in [9.17, 15) is 54.2 Å². The third-order valence-electron chi connectivity index (χ3n) is 8.45. The zero-order valence-corrected chi connectivity index (χ0v) is 26.0. The number of halogens is 9. The Bertz CT molecular complexity index is 2060. The number of ether oxygens (including phenoxy) is 2. The Morgan fingerprint density at radius 1 is 0.824 bits per heavy atom. The number of hydrogen-bond acceptors (Lipinski definition) is 6. The van der Waals surface area contributed by atoms with Crippen molar-refractivity contribution in [3.8, 4) is 28.3 Å². The lowest BCUT2D eigenvalue weighted by Gasteiger charge is -2.26. The fourth-order valence-electron chi connectivity index (χ4n) is 6.11. The van der Waals surface area contributed by atoms with Gasteiger partial charge in [0, 0.05) is 23.5 Å². The van der Waals surface area contributed by atoms with E-state index in [0.29, 0.717) is 41.1 Å². The molecule has 2 aliphatic rings. The molecule has 1 amide bonds. The van der Waals surface area contributed by atoms with E-state index in [4.69, 9.17) is 9.47 Å². The third kappa shape index (κ3) is 6.55. The number of rotatable bonds is 6. The summed E-state index contributed by atoms with van der Waals surface area (Å²) in [7, 11) is 1.24. The second-order valence-corrected chi connectivity index (χ2v) is 11.6. The maximum atomic E-state index is 14.0. The highest BCUT2D eigenvalue weighted by Crippen LogP contribution is 2.48. The lowest BCUT2D eigenvalue weighted by atomic mass is 9.94. The molecule has 0 bridgehead atoms. The summed E-state index contributed by atoms with van der Waals surface area (Å²) in [6.07, 6.45) is -13.8. The highest BCUT2D eigenvalue weighted by Gasteiger charge is 2.50. The Hall–Kier alpha value is -5.61. The minimum atomic E-state index is -5.19. The van der Waals surface area contributed by atoms with Gasteiger partial charge in [-0.25, -0.2) is 14.6 Å². The number of benzene rings is 2. The number of carbonyl (C=O) groups is 2. The zero-order valence-electron chi connectivity index (χ0n) is 26.0. The minimum Gasteiger partial charge on any atom is -0.481 e. The van der Waals surface area contributed by atoms with Crippen LogP contribution in [0, 0.1) is 6.92 Å². The van der Waals surface area contributed by atoms with Gasteiger partial charge in [0.15, 0.2) is 6.10 Å². The number of carbonyl (C=O) groups excluding carboxylic acids is 1. The van der Waals surface area contributed by atoms with Crippen molar-refractivity contribution in [1.29, 1.82) is 0 Å². The molecule has 4 heterocycles. The summed E-state index contributed by atoms with van der Waals surface area (Å²) in [6.45, 7) is 1.63. The largest absolute Gasteiger partial charge is 0.481 e. The van der Waals surface area contributed by atoms with Gasteiger partial charge < -0.3 is 14.6 Å². The standard InChI is InChI=1S/C34H22F9N3O5/c1-15-7-16(30(47)48)3-4-22(15)18-10-24(29(50-2)45-13-18)27-23(12-21(14-44-27)34(41,42)43)25-5-6-26-28(51-31(49)46(25)26)17-8-19(32(35,36)37)11-20(9-17)33(38,39)40/h3-14,25-26,28H,1-2H3,(H,47,48)/t25-,26-,28+/m0/s1. The Labute approximate surface area is 281 Å². The van der Waals surface area contributed by atoms with Gasteiger partial charge >= 0.3 is 30.6 Å². The van der Waals surface area contributed by atoms with Gasteiger partial charge in [0.25, 0.3) is 0 Å². The highest BCUT2D eigenvalue weighted by molar-refractivity contribution is 5.89. The number of cyclic esters (lactones) is 1. The average Bonchev–Trinajstić information content (AvgIpc) is 3.63. The van der Waals surface area contributed by atoms with E-state index in [-0.39, 0.29) is 34.3 Å². The summed E-state index contributed by atoms with van der Waals surface area (Å²) in [6, 6.07) is 4.50. The smallest absolute Gasteiger partial charge is 0.417 e. The molecule has 4 aromatic rings. The quantitative estimate of drug-likeness (QED) is 0.157. The summed E-state index contributed by atoms with van der Waals surface area (Å²) in [5.74, 6) is -1.27. The van der Waals surface area contributed by atoms with Gasteiger partial charge in [-0.1, -0.05) is 18.2 Å². The van der Waals surface area contributed by atoms with Crippen LogP contribution in [-0.4, -0.2) is 45.2 Å². The van der Waals surface area contributed by atoms with Crippen LogP contribution in [0.25, 0.3) is 22.4 Å². The van der Waals surface area contributed by atoms with Crippen LogP contribution in [-0.2, 0) is 23.3 Å². The minimum absolute atomic E-state index is 0.00257. The lowest BCUT2D eigenvalue weighted by molar-refractivity contribution is -0.143. The normalized spacial score (nSPS) is 18.9. The molecule has 2 aromatic carbocycles. The molecule has 8 nitrogen and oxygen atoms in total. The van der Waals surface area contributed by atoms with Crippen molar-refractivity contribution in [2.45, 2.75) is 43.6 Å². The summed E-state index contributed by atoms with van der Waals surface area (Å²) >= 11 is 0. The summed E-state index contributed by atoms with van der Waals surface area (Å²) < 4.78 is 134. The van der Waals surface area contributed by atoms with Crippen molar-refractivity contribution in [3.63, 3.8) is 0 Å². The number of alkyl halides is 9. The van der Waals surface area contributed by atoms with Crippen LogP contribution in [0.3, 0.4) is 0 Å². The van der Waals surface area contributed by atoms with Crippen molar-refractivity contribution in [2.75, 3.05) is 7.11 Å². The number of amides is 1. The molecule has 0 aliphatic carbocycles. The number of carboxylic acids is 1. The molecule has 0 spiro atoms. The molecule has 0 radical (unpaired) electrons. The number of methoxy groups -OCH3 is 1. The molecule has 1 saturated heterocycles. The van der Waals surface area contributed by atoms with Gasteiger partial charge in [-0.3, -0.25) is 9.88 Å². The molecule has 3 atom stereocenters. The Morgan fingerprint density at radius 2 is 1.47 bits per heavy atom. The molecule has 266 valence electrons. The number of nitrogens with zero attached hydrogens (tertiary/aromatic N) is 3. The molecule has 1 fully saturated rings. The van der Waals surface area contributed by atoms with Gasteiger partial charge in [0.05, 0.1) is 52.7 Å². The number of aromatic nitrogens is 2. The van der Waals surface area contributed by atoms with Crippen LogP contribution in [0.15, 0.2) is 73.1 Å². The fourth-order valence-corrected chi connectivity index (χ4v) is 6.11. The summed E-state index contributed by atoms with van der Waals surface area (Å²) in [5.41, 5.74) is -4.06. The first-order valence-electron chi connectivity index (χ1n) is 14.7. The molecule has 17 heteroatoms.